The molecular formula is C14H25N3O. The van der Waals surface area contributed by atoms with E-state index in [1.807, 2.05) is 0 Å². The molecule has 4 heteroatoms. The van der Waals surface area contributed by atoms with Crippen molar-refractivity contribution < 1.29 is 5.11 Å². The lowest BCUT2D eigenvalue weighted by molar-refractivity contribution is 0.0682. The average Bonchev–Trinajstić information content (AvgIpc) is 2.63. The van der Waals surface area contributed by atoms with Gasteiger partial charge in [-0.3, -0.25) is 4.68 Å². The van der Waals surface area contributed by atoms with Crippen LogP contribution < -0.4 is 5.32 Å². The van der Waals surface area contributed by atoms with Gasteiger partial charge in [-0.2, -0.15) is 5.10 Å². The minimum absolute atomic E-state index is 0.174. The molecule has 1 aliphatic carbocycles. The first kappa shape index (κ1) is 13.6. The number of aliphatic hydroxyl groups excluding tert-OH is 1. The molecule has 0 bridgehead atoms. The Morgan fingerprint density at radius 3 is 2.72 bits per heavy atom. The SMILES string of the molecule is CCNCc1c(C)nn(C2CCCCC2O)c1C. The fourth-order valence-corrected chi connectivity index (χ4v) is 2.90. The van der Waals surface area contributed by atoms with Gasteiger partial charge in [0.2, 0.25) is 0 Å². The zero-order valence-electron chi connectivity index (χ0n) is 11.7. The maximum atomic E-state index is 10.1. The van der Waals surface area contributed by atoms with Crippen molar-refractivity contribution in [1.82, 2.24) is 15.1 Å². The first-order valence-electron chi connectivity index (χ1n) is 7.08. The molecule has 0 aliphatic heterocycles. The predicted molar refractivity (Wildman–Crippen MR) is 72.6 cm³/mol. The summed E-state index contributed by atoms with van der Waals surface area (Å²) in [7, 11) is 0. The van der Waals surface area contributed by atoms with E-state index in [2.05, 4.69) is 35.9 Å². The van der Waals surface area contributed by atoms with Crippen molar-refractivity contribution in [2.45, 2.75) is 65.1 Å². The molecule has 18 heavy (non-hydrogen) atoms. The van der Waals surface area contributed by atoms with Crippen LogP contribution in [0.2, 0.25) is 0 Å². The van der Waals surface area contributed by atoms with Crippen molar-refractivity contribution in [3.63, 3.8) is 0 Å². The number of nitrogens with zero attached hydrogens (tertiary/aromatic N) is 2. The lowest BCUT2D eigenvalue weighted by Gasteiger charge is -2.28. The number of hydrogen-bond acceptors (Lipinski definition) is 3. The summed E-state index contributed by atoms with van der Waals surface area (Å²) in [6, 6.07) is 0.174. The number of hydrogen-bond donors (Lipinski definition) is 2. The number of aliphatic hydroxyl groups is 1. The van der Waals surface area contributed by atoms with Gasteiger partial charge >= 0.3 is 0 Å². The second kappa shape index (κ2) is 5.85. The van der Waals surface area contributed by atoms with E-state index in [0.717, 1.165) is 38.0 Å². The molecule has 1 aromatic heterocycles. The van der Waals surface area contributed by atoms with E-state index >= 15 is 0 Å². The quantitative estimate of drug-likeness (QED) is 0.861. The fraction of sp³-hybridized carbons (Fsp3) is 0.786. The highest BCUT2D eigenvalue weighted by Gasteiger charge is 2.27. The Bertz CT molecular complexity index is 400. The van der Waals surface area contributed by atoms with Gasteiger partial charge in [-0.05, 0) is 33.2 Å². The van der Waals surface area contributed by atoms with E-state index in [0.29, 0.717) is 0 Å². The van der Waals surface area contributed by atoms with Gasteiger partial charge in [-0.15, -0.1) is 0 Å². The maximum Gasteiger partial charge on any atom is 0.0781 e. The normalized spacial score (nSPS) is 24.4. The Balaban J connectivity index is 2.22. The summed E-state index contributed by atoms with van der Waals surface area (Å²) in [4.78, 5) is 0. The smallest absolute Gasteiger partial charge is 0.0781 e. The summed E-state index contributed by atoms with van der Waals surface area (Å²) in [5, 5.41) is 18.2. The van der Waals surface area contributed by atoms with Crippen LogP contribution >= 0.6 is 0 Å². The van der Waals surface area contributed by atoms with E-state index in [9.17, 15) is 5.11 Å². The van der Waals surface area contributed by atoms with Crippen LogP contribution in [0.1, 0.15) is 55.6 Å². The van der Waals surface area contributed by atoms with Crippen LogP contribution in [-0.4, -0.2) is 27.5 Å². The highest BCUT2D eigenvalue weighted by molar-refractivity contribution is 5.25. The Labute approximate surface area is 109 Å². The summed E-state index contributed by atoms with van der Waals surface area (Å²) >= 11 is 0. The van der Waals surface area contributed by atoms with Crippen LogP contribution in [0, 0.1) is 13.8 Å². The van der Waals surface area contributed by atoms with Crippen LogP contribution in [0.3, 0.4) is 0 Å². The lowest BCUT2D eigenvalue weighted by atomic mass is 9.92. The highest BCUT2D eigenvalue weighted by Crippen LogP contribution is 2.30. The van der Waals surface area contributed by atoms with Crippen LogP contribution in [0.15, 0.2) is 0 Å². The monoisotopic (exact) mass is 251 g/mol. The third-order valence-corrected chi connectivity index (χ3v) is 4.03. The molecule has 0 radical (unpaired) electrons. The van der Waals surface area contributed by atoms with Gasteiger partial charge in [-0.1, -0.05) is 19.8 Å². The molecule has 2 N–H and O–H groups in total. The molecule has 1 aliphatic rings. The first-order chi connectivity index (χ1) is 8.65. The van der Waals surface area contributed by atoms with Crippen molar-refractivity contribution in [3.8, 4) is 0 Å². The van der Waals surface area contributed by atoms with E-state index in [4.69, 9.17) is 0 Å². The number of aromatic nitrogens is 2. The average molecular weight is 251 g/mol. The zero-order valence-corrected chi connectivity index (χ0v) is 11.7. The third-order valence-electron chi connectivity index (χ3n) is 4.03. The Morgan fingerprint density at radius 2 is 2.06 bits per heavy atom. The molecule has 0 spiro atoms. The van der Waals surface area contributed by atoms with E-state index < -0.39 is 0 Å². The molecule has 0 saturated heterocycles. The molecule has 0 amide bonds. The van der Waals surface area contributed by atoms with Gasteiger partial charge in [0.1, 0.15) is 0 Å². The van der Waals surface area contributed by atoms with E-state index in [-0.39, 0.29) is 12.1 Å². The molecule has 0 aromatic carbocycles. The van der Waals surface area contributed by atoms with Gasteiger partial charge < -0.3 is 10.4 Å². The van der Waals surface area contributed by atoms with Gasteiger partial charge in [0, 0.05) is 17.8 Å². The molecule has 1 fully saturated rings. The first-order valence-corrected chi connectivity index (χ1v) is 7.08. The van der Waals surface area contributed by atoms with Crippen LogP contribution in [0.5, 0.6) is 0 Å². The standard InChI is InChI=1S/C14H25N3O/c1-4-15-9-12-10(2)16-17(11(12)3)13-7-5-6-8-14(13)18/h13-15,18H,4-9H2,1-3H3. The molecule has 1 heterocycles. The lowest BCUT2D eigenvalue weighted by Crippen LogP contribution is -2.29. The summed E-state index contributed by atoms with van der Waals surface area (Å²) < 4.78 is 2.06. The largest absolute Gasteiger partial charge is 0.391 e. The van der Waals surface area contributed by atoms with E-state index in [1.54, 1.807) is 0 Å². The molecule has 1 aromatic rings. The second-order valence-corrected chi connectivity index (χ2v) is 5.29. The van der Waals surface area contributed by atoms with Crippen LogP contribution in [0.25, 0.3) is 0 Å². The van der Waals surface area contributed by atoms with Crippen molar-refractivity contribution in [2.24, 2.45) is 0 Å². The maximum absolute atomic E-state index is 10.1. The summed E-state index contributed by atoms with van der Waals surface area (Å²) in [6.07, 6.45) is 4.06. The Kier molecular flexibility index (Phi) is 4.40. The van der Waals surface area contributed by atoms with Crippen molar-refractivity contribution >= 4 is 0 Å². The highest BCUT2D eigenvalue weighted by atomic mass is 16.3. The second-order valence-electron chi connectivity index (χ2n) is 5.29. The van der Waals surface area contributed by atoms with E-state index in [1.165, 1.54) is 17.7 Å². The number of aryl methyl sites for hydroxylation is 1. The zero-order chi connectivity index (χ0) is 13.1. The minimum atomic E-state index is -0.233. The van der Waals surface area contributed by atoms with Gasteiger partial charge in [0.15, 0.2) is 0 Å². The third kappa shape index (κ3) is 2.59. The predicted octanol–water partition coefficient (Wildman–Crippen LogP) is 2.09. The van der Waals surface area contributed by atoms with Crippen molar-refractivity contribution in [1.29, 1.82) is 0 Å². The molecule has 1 saturated carbocycles. The summed E-state index contributed by atoms with van der Waals surface area (Å²) in [5.74, 6) is 0. The summed E-state index contributed by atoms with van der Waals surface area (Å²) in [5.41, 5.74) is 3.58. The number of nitrogens with one attached hydrogen (secondary N) is 1. The molecule has 2 unspecified atom stereocenters. The molecular weight excluding hydrogens is 226 g/mol. The van der Waals surface area contributed by atoms with Crippen molar-refractivity contribution in [2.75, 3.05) is 6.54 Å². The molecule has 102 valence electrons. The van der Waals surface area contributed by atoms with Gasteiger partial charge in [0.05, 0.1) is 17.8 Å². The Morgan fingerprint density at radius 1 is 1.33 bits per heavy atom. The van der Waals surface area contributed by atoms with Gasteiger partial charge in [0.25, 0.3) is 0 Å². The number of rotatable bonds is 4. The van der Waals surface area contributed by atoms with Crippen LogP contribution in [-0.2, 0) is 6.54 Å². The van der Waals surface area contributed by atoms with Crippen molar-refractivity contribution in [3.05, 3.63) is 17.0 Å². The Hall–Kier alpha value is -0.870. The van der Waals surface area contributed by atoms with Crippen LogP contribution in [0.4, 0.5) is 0 Å². The topological polar surface area (TPSA) is 50.1 Å². The molecule has 2 atom stereocenters. The molecule has 4 nitrogen and oxygen atoms in total. The fourth-order valence-electron chi connectivity index (χ4n) is 2.90. The minimum Gasteiger partial charge on any atom is -0.391 e. The summed E-state index contributed by atoms with van der Waals surface area (Å²) in [6.45, 7) is 8.13. The van der Waals surface area contributed by atoms with Gasteiger partial charge in [-0.25, -0.2) is 0 Å². The molecule has 2 rings (SSSR count).